The van der Waals surface area contributed by atoms with Gasteiger partial charge in [0.2, 0.25) is 0 Å². The summed E-state index contributed by atoms with van der Waals surface area (Å²) in [5, 5.41) is 13.6. The van der Waals surface area contributed by atoms with Crippen molar-refractivity contribution in [3.63, 3.8) is 0 Å². The van der Waals surface area contributed by atoms with Crippen LogP contribution in [0.5, 0.6) is 0 Å². The first-order chi connectivity index (χ1) is 16.5. The number of nitrogens with one attached hydrogen (secondary N) is 1. The van der Waals surface area contributed by atoms with Gasteiger partial charge in [-0.2, -0.15) is 5.10 Å². The summed E-state index contributed by atoms with van der Waals surface area (Å²) in [4.78, 5) is 12.4. The third-order valence-electron chi connectivity index (χ3n) is 5.43. The second kappa shape index (κ2) is 10.9. The van der Waals surface area contributed by atoms with Gasteiger partial charge < -0.3 is 4.57 Å². The maximum Gasteiger partial charge on any atom is 0.250 e. The summed E-state index contributed by atoms with van der Waals surface area (Å²) in [6.45, 7) is 6.70. The summed E-state index contributed by atoms with van der Waals surface area (Å²) in [7, 11) is 0. The second-order valence-corrected chi connectivity index (χ2v) is 8.82. The topological polar surface area (TPSA) is 72.2 Å². The highest BCUT2D eigenvalue weighted by atomic mass is 32.2. The van der Waals surface area contributed by atoms with Gasteiger partial charge in [-0.25, -0.2) is 5.43 Å². The molecule has 1 N–H and O–H groups in total. The highest BCUT2D eigenvalue weighted by molar-refractivity contribution is 7.99. The first-order valence-corrected chi connectivity index (χ1v) is 12.2. The van der Waals surface area contributed by atoms with E-state index in [1.165, 1.54) is 22.9 Å². The van der Waals surface area contributed by atoms with Crippen LogP contribution in [0.1, 0.15) is 25.0 Å². The standard InChI is InChI=1S/C27H27N5OS/c1-4-32-26(24-12-10-19(2)11-13-24)30-31-27(32)34-18-25(33)29-28-20(3)21-14-16-23(17-15-21)22-8-6-5-7-9-22/h5-17H,4,18H2,1-3H3,(H,29,33). The molecule has 0 radical (unpaired) electrons. The molecule has 6 nitrogen and oxygen atoms in total. The predicted octanol–water partition coefficient (Wildman–Crippen LogP) is 5.57. The zero-order valence-corrected chi connectivity index (χ0v) is 20.3. The minimum absolute atomic E-state index is 0.187. The van der Waals surface area contributed by atoms with Crippen LogP contribution in [0.4, 0.5) is 0 Å². The van der Waals surface area contributed by atoms with Crippen molar-refractivity contribution in [3.8, 4) is 22.5 Å². The van der Waals surface area contributed by atoms with Crippen molar-refractivity contribution in [2.24, 2.45) is 5.10 Å². The lowest BCUT2D eigenvalue weighted by molar-refractivity contribution is -0.118. The van der Waals surface area contributed by atoms with Gasteiger partial charge in [-0.3, -0.25) is 4.79 Å². The maximum absolute atomic E-state index is 12.4. The molecule has 0 aliphatic rings. The minimum atomic E-state index is -0.187. The van der Waals surface area contributed by atoms with Gasteiger partial charge in [0.25, 0.3) is 5.91 Å². The van der Waals surface area contributed by atoms with Gasteiger partial charge in [-0.1, -0.05) is 96.2 Å². The van der Waals surface area contributed by atoms with Crippen molar-refractivity contribution < 1.29 is 4.79 Å². The quantitative estimate of drug-likeness (QED) is 0.208. The van der Waals surface area contributed by atoms with E-state index in [2.05, 4.69) is 64.0 Å². The summed E-state index contributed by atoms with van der Waals surface area (Å²) in [5.41, 5.74) is 8.87. The van der Waals surface area contributed by atoms with Crippen LogP contribution in [0.3, 0.4) is 0 Å². The van der Waals surface area contributed by atoms with E-state index in [9.17, 15) is 4.79 Å². The molecular formula is C27H27N5OS. The molecule has 0 aliphatic heterocycles. The largest absolute Gasteiger partial charge is 0.302 e. The molecule has 4 aromatic rings. The molecule has 0 saturated carbocycles. The number of benzene rings is 3. The van der Waals surface area contributed by atoms with Crippen LogP contribution >= 0.6 is 11.8 Å². The van der Waals surface area contributed by atoms with Crippen LogP contribution in [0.2, 0.25) is 0 Å². The Morgan fingerprint density at radius 3 is 2.24 bits per heavy atom. The highest BCUT2D eigenvalue weighted by Gasteiger charge is 2.14. The number of aromatic nitrogens is 3. The van der Waals surface area contributed by atoms with Crippen molar-refractivity contribution in [1.29, 1.82) is 0 Å². The van der Waals surface area contributed by atoms with Crippen molar-refractivity contribution in [2.75, 3.05) is 5.75 Å². The molecule has 1 heterocycles. The summed E-state index contributed by atoms with van der Waals surface area (Å²) in [6.07, 6.45) is 0. The number of amides is 1. The van der Waals surface area contributed by atoms with Gasteiger partial charge in [0.05, 0.1) is 11.5 Å². The molecule has 0 bridgehead atoms. The van der Waals surface area contributed by atoms with Gasteiger partial charge in [0, 0.05) is 12.1 Å². The number of hydrogen-bond acceptors (Lipinski definition) is 5. The van der Waals surface area contributed by atoms with Crippen LogP contribution in [0.15, 0.2) is 89.1 Å². The Morgan fingerprint density at radius 2 is 1.56 bits per heavy atom. The van der Waals surface area contributed by atoms with E-state index in [1.54, 1.807) is 0 Å². The number of carbonyl (C=O) groups excluding carboxylic acids is 1. The Kier molecular flexibility index (Phi) is 7.54. The van der Waals surface area contributed by atoms with E-state index in [1.807, 2.05) is 60.9 Å². The molecule has 172 valence electrons. The lowest BCUT2D eigenvalue weighted by Crippen LogP contribution is -2.21. The minimum Gasteiger partial charge on any atom is -0.302 e. The Labute approximate surface area is 204 Å². The van der Waals surface area contributed by atoms with Crippen molar-refractivity contribution in [3.05, 3.63) is 90.0 Å². The molecular weight excluding hydrogens is 442 g/mol. The molecule has 0 unspecified atom stereocenters. The van der Waals surface area contributed by atoms with Gasteiger partial charge >= 0.3 is 0 Å². The number of thioether (sulfide) groups is 1. The fourth-order valence-corrected chi connectivity index (χ4v) is 4.30. The zero-order chi connectivity index (χ0) is 23.9. The molecule has 0 fully saturated rings. The average molecular weight is 470 g/mol. The molecule has 1 amide bonds. The van der Waals surface area contributed by atoms with Gasteiger partial charge in [-0.15, -0.1) is 10.2 Å². The lowest BCUT2D eigenvalue weighted by atomic mass is 10.0. The number of carbonyl (C=O) groups is 1. The van der Waals surface area contributed by atoms with E-state index in [4.69, 9.17) is 0 Å². The molecule has 0 spiro atoms. The van der Waals surface area contributed by atoms with Crippen LogP contribution in [-0.4, -0.2) is 32.1 Å². The molecule has 7 heteroatoms. The molecule has 34 heavy (non-hydrogen) atoms. The highest BCUT2D eigenvalue weighted by Crippen LogP contribution is 2.24. The molecule has 0 saturated heterocycles. The smallest absolute Gasteiger partial charge is 0.250 e. The first kappa shape index (κ1) is 23.4. The molecule has 0 aliphatic carbocycles. The second-order valence-electron chi connectivity index (χ2n) is 7.88. The molecule has 4 rings (SSSR count). The van der Waals surface area contributed by atoms with E-state index < -0.39 is 0 Å². The monoisotopic (exact) mass is 469 g/mol. The van der Waals surface area contributed by atoms with Gasteiger partial charge in [0.15, 0.2) is 11.0 Å². The van der Waals surface area contributed by atoms with Crippen molar-refractivity contribution >= 4 is 23.4 Å². The Bertz CT molecular complexity index is 1280. The number of aryl methyl sites for hydroxylation is 1. The third kappa shape index (κ3) is 5.61. The summed E-state index contributed by atoms with van der Waals surface area (Å²) >= 11 is 1.35. The summed E-state index contributed by atoms with van der Waals surface area (Å²) in [6, 6.07) is 26.5. The van der Waals surface area contributed by atoms with Crippen LogP contribution in [-0.2, 0) is 11.3 Å². The summed E-state index contributed by atoms with van der Waals surface area (Å²) in [5.74, 6) is 0.821. The van der Waals surface area contributed by atoms with Gasteiger partial charge in [0.1, 0.15) is 0 Å². The van der Waals surface area contributed by atoms with E-state index in [0.29, 0.717) is 5.16 Å². The SMILES string of the molecule is CCn1c(SCC(=O)NN=C(C)c2ccc(-c3ccccc3)cc2)nnc1-c1ccc(C)cc1. The Hall–Kier alpha value is -3.71. The average Bonchev–Trinajstić information content (AvgIpc) is 3.30. The van der Waals surface area contributed by atoms with Crippen molar-refractivity contribution in [1.82, 2.24) is 20.2 Å². The predicted molar refractivity (Wildman–Crippen MR) is 139 cm³/mol. The summed E-state index contributed by atoms with van der Waals surface area (Å²) < 4.78 is 2.02. The molecule has 1 aromatic heterocycles. The Balaban J connectivity index is 1.35. The normalized spacial score (nSPS) is 11.4. The number of hydrogen-bond donors (Lipinski definition) is 1. The number of rotatable bonds is 8. The fraction of sp³-hybridized carbons (Fsp3) is 0.185. The van der Waals surface area contributed by atoms with Gasteiger partial charge in [-0.05, 0) is 37.5 Å². The van der Waals surface area contributed by atoms with Crippen LogP contribution in [0, 0.1) is 6.92 Å². The fourth-order valence-electron chi connectivity index (χ4n) is 3.50. The third-order valence-corrected chi connectivity index (χ3v) is 6.40. The lowest BCUT2D eigenvalue weighted by Gasteiger charge is -2.08. The molecule has 0 atom stereocenters. The number of nitrogens with zero attached hydrogens (tertiary/aromatic N) is 4. The maximum atomic E-state index is 12.4. The number of hydrazone groups is 1. The zero-order valence-electron chi connectivity index (χ0n) is 19.5. The molecule has 3 aromatic carbocycles. The van der Waals surface area contributed by atoms with Crippen LogP contribution in [0.25, 0.3) is 22.5 Å². The van der Waals surface area contributed by atoms with Crippen LogP contribution < -0.4 is 5.43 Å². The van der Waals surface area contributed by atoms with E-state index in [0.717, 1.165) is 34.8 Å². The van der Waals surface area contributed by atoms with Crippen molar-refractivity contribution in [2.45, 2.75) is 32.5 Å². The first-order valence-electron chi connectivity index (χ1n) is 11.2. The van der Waals surface area contributed by atoms with E-state index >= 15 is 0 Å². The van der Waals surface area contributed by atoms with E-state index in [-0.39, 0.29) is 11.7 Å². The Morgan fingerprint density at radius 1 is 0.912 bits per heavy atom.